The molecule has 0 aromatic heterocycles. The standard InChI is InChI=1S/C42H45N5O9S2/c48-35(25-47-36(49)14-15-37(47)50)43-16-2-1-3-17-44-57(51,52)34-24-28(58(53,54)55)12-13-29(34)38-32-22-26-8-4-18-45-20-6-10-30(39(26)45)41(32)56-42-31-11-7-21-46-19-5-9-27(40(31)46)23-33(38)42/h12-15,22-24,44H,1-11,16-21,25H2,(H-,43,48,53,54,55). The molecule has 3 aromatic carbocycles. The number of unbranched alkanes of at least 4 members (excludes halogenated alkanes) is 2. The Morgan fingerprint density at radius 2 is 1.50 bits per heavy atom. The second kappa shape index (κ2) is 15.0. The second-order valence-electron chi connectivity index (χ2n) is 15.9. The van der Waals surface area contributed by atoms with Gasteiger partial charge in [-0.25, -0.2) is 26.1 Å². The van der Waals surface area contributed by atoms with Gasteiger partial charge in [-0.3, -0.25) is 19.3 Å². The third-order valence-corrected chi connectivity index (χ3v) is 14.5. The molecule has 0 bridgehead atoms. The molecular weight excluding hydrogens is 783 g/mol. The zero-order chi connectivity index (χ0) is 40.3. The summed E-state index contributed by atoms with van der Waals surface area (Å²) in [5, 5.41) is 4.66. The Labute approximate surface area is 337 Å². The largest absolute Gasteiger partial charge is 0.744 e. The van der Waals surface area contributed by atoms with Crippen LogP contribution in [0.15, 0.2) is 52.3 Å². The minimum atomic E-state index is -5.02. The first-order valence-corrected chi connectivity index (χ1v) is 23.1. The molecule has 58 heavy (non-hydrogen) atoms. The normalized spacial score (nSPS) is 18.1. The predicted octanol–water partition coefficient (Wildman–Crippen LogP) is 1.52. The number of sulfonamides is 1. The van der Waals surface area contributed by atoms with Gasteiger partial charge in [-0.15, -0.1) is 0 Å². The maximum Gasteiger partial charge on any atom is 0.254 e. The van der Waals surface area contributed by atoms with Gasteiger partial charge in [-0.1, -0.05) is 12.5 Å². The van der Waals surface area contributed by atoms with E-state index >= 15 is 0 Å². The number of anilines is 1. The van der Waals surface area contributed by atoms with E-state index in [0.717, 1.165) is 134 Å². The summed E-state index contributed by atoms with van der Waals surface area (Å²) in [5.41, 5.74) is 7.53. The van der Waals surface area contributed by atoms with Crippen LogP contribution in [0.5, 0.6) is 11.5 Å². The van der Waals surface area contributed by atoms with Crippen LogP contribution in [0.3, 0.4) is 0 Å². The Morgan fingerprint density at radius 1 is 0.793 bits per heavy atom. The van der Waals surface area contributed by atoms with Crippen molar-refractivity contribution in [2.75, 3.05) is 50.7 Å². The average molecular weight is 828 g/mol. The molecule has 0 fully saturated rings. The van der Waals surface area contributed by atoms with Gasteiger partial charge >= 0.3 is 0 Å². The molecule has 2 N–H and O–H groups in total. The first-order valence-electron chi connectivity index (χ1n) is 20.2. The molecule has 0 saturated carbocycles. The number of nitrogens with zero attached hydrogens (tertiary/aromatic N) is 3. The van der Waals surface area contributed by atoms with Crippen LogP contribution in [-0.2, 0) is 60.2 Å². The Hall–Kier alpha value is -4.90. The van der Waals surface area contributed by atoms with Crippen molar-refractivity contribution < 1.29 is 40.5 Å². The molecule has 0 saturated heterocycles. The number of ether oxygens (including phenoxy) is 1. The number of hydrogen-bond donors (Lipinski definition) is 2. The van der Waals surface area contributed by atoms with Crippen LogP contribution in [0, 0.1) is 0 Å². The van der Waals surface area contributed by atoms with E-state index in [0.29, 0.717) is 30.4 Å². The predicted molar refractivity (Wildman–Crippen MR) is 213 cm³/mol. The number of hydrogen-bond acceptors (Lipinski definition) is 10. The van der Waals surface area contributed by atoms with Crippen LogP contribution < -0.4 is 34.8 Å². The Bertz CT molecular complexity index is 2670. The molecule has 6 aliphatic rings. The topological polar surface area (TPSA) is 185 Å². The van der Waals surface area contributed by atoms with Gasteiger partial charge in [0, 0.05) is 89.9 Å². The van der Waals surface area contributed by atoms with Crippen LogP contribution in [0.4, 0.5) is 5.69 Å². The summed E-state index contributed by atoms with van der Waals surface area (Å²) in [5.74, 6) is -0.132. The molecule has 9 rings (SSSR count). The Balaban J connectivity index is 1.08. The molecule has 0 aliphatic carbocycles. The number of benzene rings is 3. The average Bonchev–Trinajstić information content (AvgIpc) is 3.52. The number of carbonyl (C=O) groups is 3. The van der Waals surface area contributed by atoms with Crippen LogP contribution in [-0.4, -0.2) is 89.8 Å². The first kappa shape index (κ1) is 38.6. The quantitative estimate of drug-likeness (QED) is 0.0919. The lowest BCUT2D eigenvalue weighted by Crippen LogP contribution is -2.45. The van der Waals surface area contributed by atoms with E-state index in [-0.39, 0.29) is 24.5 Å². The van der Waals surface area contributed by atoms with Gasteiger partial charge in [0.15, 0.2) is 0 Å². The fourth-order valence-electron chi connectivity index (χ4n) is 9.62. The molecule has 3 aromatic rings. The molecule has 3 amide bonds. The number of imide groups is 1. The van der Waals surface area contributed by atoms with Crippen LogP contribution in [0.2, 0.25) is 0 Å². The van der Waals surface area contributed by atoms with Crippen molar-refractivity contribution in [2.24, 2.45) is 0 Å². The molecule has 6 aliphatic heterocycles. The smallest absolute Gasteiger partial charge is 0.254 e. The zero-order valence-corrected chi connectivity index (χ0v) is 33.7. The van der Waals surface area contributed by atoms with Crippen molar-refractivity contribution in [3.8, 4) is 11.5 Å². The lowest BCUT2D eigenvalue weighted by molar-refractivity contribution is -0.141. The van der Waals surface area contributed by atoms with Crippen LogP contribution in [0.25, 0.3) is 5.57 Å². The summed E-state index contributed by atoms with van der Waals surface area (Å²) in [6.07, 6.45) is 10.9. The third kappa shape index (κ3) is 6.92. The van der Waals surface area contributed by atoms with E-state index in [2.05, 4.69) is 31.6 Å². The van der Waals surface area contributed by atoms with Gasteiger partial charge in [0.1, 0.15) is 41.3 Å². The minimum absolute atomic E-state index is 0.0130. The van der Waals surface area contributed by atoms with E-state index < -0.39 is 42.8 Å². The van der Waals surface area contributed by atoms with E-state index in [1.807, 2.05) is 0 Å². The van der Waals surface area contributed by atoms with Crippen LogP contribution in [0.1, 0.15) is 78.3 Å². The highest BCUT2D eigenvalue weighted by atomic mass is 32.2. The number of nitrogens with one attached hydrogen (secondary N) is 2. The van der Waals surface area contributed by atoms with Crippen LogP contribution >= 0.6 is 0 Å². The third-order valence-electron chi connectivity index (χ3n) is 12.2. The number of carbonyl (C=O) groups excluding carboxylic acids is 3. The monoisotopic (exact) mass is 827 g/mol. The lowest BCUT2D eigenvalue weighted by atomic mass is 9.82. The minimum Gasteiger partial charge on any atom is -0.744 e. The zero-order valence-electron chi connectivity index (χ0n) is 32.1. The van der Waals surface area contributed by atoms with Crippen molar-refractivity contribution in [3.05, 3.63) is 86.4 Å². The highest BCUT2D eigenvalue weighted by Gasteiger charge is 2.37. The molecule has 304 valence electrons. The molecule has 6 heterocycles. The molecule has 0 unspecified atom stereocenters. The van der Waals surface area contributed by atoms with E-state index in [9.17, 15) is 35.8 Å². The number of aryl methyl sites for hydroxylation is 2. The summed E-state index contributed by atoms with van der Waals surface area (Å²) >= 11 is 0. The van der Waals surface area contributed by atoms with Crippen molar-refractivity contribution in [2.45, 2.75) is 80.4 Å². The molecule has 0 spiro atoms. The van der Waals surface area contributed by atoms with E-state index in [1.165, 1.54) is 34.3 Å². The second-order valence-corrected chi connectivity index (χ2v) is 19.0. The summed E-state index contributed by atoms with van der Waals surface area (Å²) in [6, 6.07) is 7.92. The maximum absolute atomic E-state index is 14.4. The van der Waals surface area contributed by atoms with Gasteiger partial charge in [0.05, 0.1) is 15.4 Å². The van der Waals surface area contributed by atoms with Gasteiger partial charge in [-0.2, -0.15) is 0 Å². The van der Waals surface area contributed by atoms with Crippen molar-refractivity contribution in [3.63, 3.8) is 0 Å². The molecule has 16 heteroatoms. The molecule has 0 atom stereocenters. The Morgan fingerprint density at radius 3 is 2.28 bits per heavy atom. The highest BCUT2D eigenvalue weighted by Crippen LogP contribution is 2.49. The number of rotatable bonds is 12. The summed E-state index contributed by atoms with van der Waals surface area (Å²) in [6.45, 7) is 3.76. The van der Waals surface area contributed by atoms with Gasteiger partial charge in [0.2, 0.25) is 21.3 Å². The molecule has 14 nitrogen and oxygen atoms in total. The Kier molecular flexibility index (Phi) is 10.0. The van der Waals surface area contributed by atoms with Crippen molar-refractivity contribution in [1.82, 2.24) is 19.5 Å². The lowest BCUT2D eigenvalue weighted by Gasteiger charge is -2.39. The fraction of sp³-hybridized carbons (Fsp3) is 0.429. The number of fused-ring (bicyclic) bond motifs is 4. The molecule has 0 radical (unpaired) electrons. The maximum atomic E-state index is 14.4. The van der Waals surface area contributed by atoms with E-state index in [4.69, 9.17) is 4.74 Å². The number of amides is 3. The van der Waals surface area contributed by atoms with Gasteiger partial charge < -0.3 is 19.5 Å². The van der Waals surface area contributed by atoms with Crippen molar-refractivity contribution >= 4 is 49.1 Å². The molecular formula is C42H45N5O9S2. The fourth-order valence-corrected chi connectivity index (χ4v) is 11.5. The van der Waals surface area contributed by atoms with Crippen molar-refractivity contribution in [1.29, 1.82) is 0 Å². The summed E-state index contributed by atoms with van der Waals surface area (Å²) in [4.78, 5) is 38.1. The van der Waals surface area contributed by atoms with E-state index in [1.54, 1.807) is 0 Å². The first-order chi connectivity index (χ1) is 27.9. The summed E-state index contributed by atoms with van der Waals surface area (Å²) < 4.78 is 78.3. The van der Waals surface area contributed by atoms with Gasteiger partial charge in [0.25, 0.3) is 11.8 Å². The van der Waals surface area contributed by atoms with Gasteiger partial charge in [-0.05, 0) is 81.2 Å². The summed E-state index contributed by atoms with van der Waals surface area (Å²) in [7, 11) is -9.41. The SMILES string of the molecule is O=C(CN1C(=O)C=CC1=O)NCCCCCNS(=O)(=O)c1cc(S(=O)(=O)[O-])ccc1C1=c2cc3c4c(c2Oc2c1cc1c5c2CCCN5CCC1)CCC[N+]=4CCC3. The highest BCUT2D eigenvalue weighted by molar-refractivity contribution is 7.89.